The van der Waals surface area contributed by atoms with Crippen molar-refractivity contribution in [1.29, 1.82) is 0 Å². The molecule has 114 valence electrons. The second-order valence-corrected chi connectivity index (χ2v) is 6.08. The number of aromatic hydroxyl groups is 2. The molecule has 0 aromatic heterocycles. The average Bonchev–Trinajstić information content (AvgIpc) is 2.52. The van der Waals surface area contributed by atoms with Gasteiger partial charge in [-0.15, -0.1) is 0 Å². The molecule has 0 amide bonds. The monoisotopic (exact) mass is 424 g/mol. The van der Waals surface area contributed by atoms with Crippen LogP contribution >= 0.6 is 31.9 Å². The van der Waals surface area contributed by atoms with Crippen LogP contribution in [0, 0.1) is 0 Å². The molecule has 4 nitrogen and oxygen atoms in total. The van der Waals surface area contributed by atoms with E-state index in [4.69, 9.17) is 0 Å². The Morgan fingerprint density at radius 1 is 0.864 bits per heavy atom. The summed E-state index contributed by atoms with van der Waals surface area (Å²) in [5.41, 5.74) is 1.32. The molecule has 2 rings (SSSR count). The molecule has 6 heteroatoms. The standard InChI is InChI=1S/C16H14Br2N2O2/c17-13-6-5-12(16(22)15(13)18)10-20-8-7-19-9-11-3-1-2-4-14(11)21/h1-6,9-10,21-22H,7-8H2. The summed E-state index contributed by atoms with van der Waals surface area (Å²) < 4.78 is 1.39. The van der Waals surface area contributed by atoms with Crippen LogP contribution in [-0.2, 0) is 0 Å². The first-order chi connectivity index (χ1) is 10.6. The van der Waals surface area contributed by atoms with Crippen molar-refractivity contribution in [2.24, 2.45) is 9.98 Å². The third-order valence-corrected chi connectivity index (χ3v) is 4.85. The maximum absolute atomic E-state index is 9.93. The van der Waals surface area contributed by atoms with Gasteiger partial charge in [0.15, 0.2) is 0 Å². The predicted octanol–water partition coefficient (Wildman–Crippen LogP) is 4.16. The molecule has 0 aliphatic heterocycles. The van der Waals surface area contributed by atoms with Gasteiger partial charge < -0.3 is 10.2 Å². The summed E-state index contributed by atoms with van der Waals surface area (Å²) in [4.78, 5) is 8.44. The Morgan fingerprint density at radius 2 is 1.50 bits per heavy atom. The molecule has 2 aromatic rings. The second kappa shape index (κ2) is 8.10. The number of phenols is 2. The Bertz CT molecular complexity index is 715. The first-order valence-corrected chi connectivity index (χ1v) is 8.13. The Labute approximate surface area is 145 Å². The molecule has 0 aliphatic carbocycles. The number of phenolic OH excluding ortho intramolecular Hbond substituents is 2. The highest BCUT2D eigenvalue weighted by Crippen LogP contribution is 2.33. The fraction of sp³-hybridized carbons (Fsp3) is 0.125. The van der Waals surface area contributed by atoms with E-state index in [9.17, 15) is 10.2 Å². The molecular formula is C16H14Br2N2O2. The average molecular weight is 426 g/mol. The highest BCUT2D eigenvalue weighted by atomic mass is 79.9. The van der Waals surface area contributed by atoms with E-state index >= 15 is 0 Å². The molecule has 0 saturated carbocycles. The van der Waals surface area contributed by atoms with Crippen LogP contribution < -0.4 is 0 Å². The van der Waals surface area contributed by atoms with Crippen molar-refractivity contribution in [1.82, 2.24) is 0 Å². The van der Waals surface area contributed by atoms with Crippen molar-refractivity contribution in [3.63, 3.8) is 0 Å². The van der Waals surface area contributed by atoms with Gasteiger partial charge in [-0.1, -0.05) is 12.1 Å². The topological polar surface area (TPSA) is 65.2 Å². The van der Waals surface area contributed by atoms with E-state index in [1.54, 1.807) is 36.7 Å². The van der Waals surface area contributed by atoms with Crippen LogP contribution in [0.4, 0.5) is 0 Å². The van der Waals surface area contributed by atoms with E-state index in [2.05, 4.69) is 41.8 Å². The zero-order valence-corrected chi connectivity index (χ0v) is 14.7. The second-order valence-electron chi connectivity index (χ2n) is 4.43. The maximum atomic E-state index is 9.93. The summed E-state index contributed by atoms with van der Waals surface area (Å²) in [6.45, 7) is 1.00. The lowest BCUT2D eigenvalue weighted by Gasteiger charge is -2.03. The lowest BCUT2D eigenvalue weighted by Crippen LogP contribution is -1.91. The van der Waals surface area contributed by atoms with Crippen LogP contribution in [0.2, 0.25) is 0 Å². The van der Waals surface area contributed by atoms with Crippen molar-refractivity contribution in [3.8, 4) is 11.5 Å². The highest BCUT2D eigenvalue weighted by Gasteiger charge is 2.06. The lowest BCUT2D eigenvalue weighted by atomic mass is 10.2. The molecule has 0 fully saturated rings. The van der Waals surface area contributed by atoms with Crippen LogP contribution in [0.25, 0.3) is 0 Å². The lowest BCUT2D eigenvalue weighted by molar-refractivity contribution is 0.470. The number of halogens is 2. The summed E-state index contributed by atoms with van der Waals surface area (Å²) >= 11 is 6.61. The van der Waals surface area contributed by atoms with E-state index in [1.807, 2.05) is 12.1 Å². The van der Waals surface area contributed by atoms with Crippen LogP contribution in [-0.4, -0.2) is 35.7 Å². The smallest absolute Gasteiger partial charge is 0.139 e. The number of para-hydroxylation sites is 1. The number of nitrogens with zero attached hydrogens (tertiary/aromatic N) is 2. The summed E-state index contributed by atoms with van der Waals surface area (Å²) in [6.07, 6.45) is 3.24. The van der Waals surface area contributed by atoms with Crippen molar-refractivity contribution in [2.75, 3.05) is 13.1 Å². The van der Waals surface area contributed by atoms with Gasteiger partial charge >= 0.3 is 0 Å². The maximum Gasteiger partial charge on any atom is 0.139 e. The van der Waals surface area contributed by atoms with Gasteiger partial charge in [-0.3, -0.25) is 9.98 Å². The largest absolute Gasteiger partial charge is 0.507 e. The van der Waals surface area contributed by atoms with Crippen LogP contribution in [0.3, 0.4) is 0 Å². The molecule has 0 bridgehead atoms. The van der Waals surface area contributed by atoms with E-state index in [1.165, 1.54) is 0 Å². The highest BCUT2D eigenvalue weighted by molar-refractivity contribution is 9.13. The van der Waals surface area contributed by atoms with E-state index < -0.39 is 0 Å². The van der Waals surface area contributed by atoms with Crippen LogP contribution in [0.5, 0.6) is 11.5 Å². The molecule has 0 aliphatic rings. The fourth-order valence-corrected chi connectivity index (χ4v) is 2.38. The minimum Gasteiger partial charge on any atom is -0.507 e. The predicted molar refractivity (Wildman–Crippen MR) is 96.5 cm³/mol. The first kappa shape index (κ1) is 16.7. The Balaban J connectivity index is 1.89. The van der Waals surface area contributed by atoms with Crippen molar-refractivity contribution in [2.45, 2.75) is 0 Å². The number of aliphatic imine (C=N–C) groups is 2. The third-order valence-electron chi connectivity index (χ3n) is 2.86. The molecule has 22 heavy (non-hydrogen) atoms. The van der Waals surface area contributed by atoms with Gasteiger partial charge in [-0.25, -0.2) is 0 Å². The van der Waals surface area contributed by atoms with Gasteiger partial charge in [0.05, 0.1) is 17.6 Å². The zero-order valence-electron chi connectivity index (χ0n) is 11.6. The Morgan fingerprint density at radius 3 is 2.18 bits per heavy atom. The van der Waals surface area contributed by atoms with Gasteiger partial charge in [0, 0.05) is 28.0 Å². The molecule has 0 unspecified atom stereocenters. The minimum absolute atomic E-state index is 0.149. The van der Waals surface area contributed by atoms with Gasteiger partial charge in [0.2, 0.25) is 0 Å². The number of rotatable bonds is 5. The first-order valence-electron chi connectivity index (χ1n) is 6.54. The number of hydrogen-bond donors (Lipinski definition) is 2. The fourth-order valence-electron chi connectivity index (χ4n) is 1.70. The minimum atomic E-state index is 0.149. The Hall–Kier alpha value is -1.66. The molecule has 0 spiro atoms. The van der Waals surface area contributed by atoms with E-state index in [0.29, 0.717) is 28.7 Å². The molecule has 2 N–H and O–H groups in total. The van der Waals surface area contributed by atoms with Crippen LogP contribution in [0.1, 0.15) is 11.1 Å². The van der Waals surface area contributed by atoms with Gasteiger partial charge in [0.1, 0.15) is 11.5 Å². The molecule has 0 heterocycles. The summed E-state index contributed by atoms with van der Waals surface area (Å²) in [6, 6.07) is 10.6. The van der Waals surface area contributed by atoms with Crippen molar-refractivity contribution < 1.29 is 10.2 Å². The molecular weight excluding hydrogens is 412 g/mol. The normalized spacial score (nSPS) is 11.5. The molecule has 2 aromatic carbocycles. The summed E-state index contributed by atoms with van der Waals surface area (Å²) in [7, 11) is 0. The SMILES string of the molecule is Oc1ccccc1C=NCCN=Cc1ccc(Br)c(Br)c1O. The van der Waals surface area contributed by atoms with E-state index in [-0.39, 0.29) is 11.5 Å². The van der Waals surface area contributed by atoms with Gasteiger partial charge in [-0.2, -0.15) is 0 Å². The quantitative estimate of drug-likeness (QED) is 0.557. The van der Waals surface area contributed by atoms with Crippen LogP contribution in [0.15, 0.2) is 55.3 Å². The molecule has 0 atom stereocenters. The molecule has 0 radical (unpaired) electrons. The van der Waals surface area contributed by atoms with Gasteiger partial charge in [-0.05, 0) is 56.1 Å². The summed E-state index contributed by atoms with van der Waals surface area (Å²) in [5.74, 6) is 0.357. The summed E-state index contributed by atoms with van der Waals surface area (Å²) in [5, 5.41) is 19.5. The third kappa shape index (κ3) is 4.42. The Kier molecular flexibility index (Phi) is 6.15. The zero-order chi connectivity index (χ0) is 15.9. The molecule has 0 saturated heterocycles. The number of benzene rings is 2. The number of hydrogen-bond acceptors (Lipinski definition) is 4. The van der Waals surface area contributed by atoms with Crippen molar-refractivity contribution in [3.05, 3.63) is 56.5 Å². The van der Waals surface area contributed by atoms with E-state index in [0.717, 1.165) is 4.47 Å². The van der Waals surface area contributed by atoms with Crippen molar-refractivity contribution >= 4 is 44.3 Å². The van der Waals surface area contributed by atoms with Gasteiger partial charge in [0.25, 0.3) is 0 Å².